The molecule has 1 saturated carbocycles. The van der Waals surface area contributed by atoms with Crippen molar-refractivity contribution in [2.45, 2.75) is 56.5 Å². The van der Waals surface area contributed by atoms with E-state index in [1.807, 2.05) is 6.07 Å². The highest BCUT2D eigenvalue weighted by molar-refractivity contribution is 6.01. The normalized spacial score (nSPS) is 24.5. The molecular weight excluding hydrogens is 352 g/mol. The predicted molar refractivity (Wildman–Crippen MR) is 106 cm³/mol. The van der Waals surface area contributed by atoms with Gasteiger partial charge in [0.25, 0.3) is 0 Å². The summed E-state index contributed by atoms with van der Waals surface area (Å²) in [7, 11) is 0. The van der Waals surface area contributed by atoms with E-state index >= 15 is 0 Å². The summed E-state index contributed by atoms with van der Waals surface area (Å²) in [5, 5.41) is 23.2. The fourth-order valence-corrected chi connectivity index (χ4v) is 5.30. The van der Waals surface area contributed by atoms with Crippen molar-refractivity contribution in [3.8, 4) is 17.0 Å². The third kappa shape index (κ3) is 2.47. The minimum absolute atomic E-state index is 0.114. The lowest BCUT2D eigenvalue weighted by atomic mass is 9.96. The van der Waals surface area contributed by atoms with Gasteiger partial charge in [0, 0.05) is 41.2 Å². The van der Waals surface area contributed by atoms with Gasteiger partial charge in [0.05, 0.1) is 5.69 Å². The number of aromatic hydroxyl groups is 1. The van der Waals surface area contributed by atoms with E-state index < -0.39 is 0 Å². The molecule has 1 aromatic heterocycles. The van der Waals surface area contributed by atoms with Crippen LogP contribution in [0.2, 0.25) is 0 Å². The molecule has 28 heavy (non-hydrogen) atoms. The summed E-state index contributed by atoms with van der Waals surface area (Å²) < 4.78 is 0. The van der Waals surface area contributed by atoms with Gasteiger partial charge < -0.3 is 15.3 Å². The van der Waals surface area contributed by atoms with E-state index in [1.54, 1.807) is 6.07 Å². The second kappa shape index (κ2) is 5.77. The number of hydrogen-bond donors (Lipinski definition) is 2. The number of nitrogens with one attached hydrogen (secondary N) is 1. The Kier molecular flexibility index (Phi) is 3.39. The largest absolute Gasteiger partial charge is 0.507 e. The van der Waals surface area contributed by atoms with Gasteiger partial charge in [-0.25, -0.2) is 0 Å². The van der Waals surface area contributed by atoms with E-state index in [-0.39, 0.29) is 11.5 Å². The number of benzene rings is 1. The maximum atomic E-state index is 11.9. The number of carbonyl (C=O) groups excluding carboxylic acids is 1. The van der Waals surface area contributed by atoms with E-state index in [0.717, 1.165) is 43.7 Å². The molecule has 2 aliphatic carbocycles. The van der Waals surface area contributed by atoms with Crippen LogP contribution < -0.4 is 10.2 Å². The highest BCUT2D eigenvalue weighted by Gasteiger charge is 2.47. The zero-order valence-electron chi connectivity index (χ0n) is 15.9. The topological polar surface area (TPSA) is 78.4 Å². The number of Topliss-reactive ketones (excluding diaryl/α,β-unsaturated/α-hetero) is 1. The van der Waals surface area contributed by atoms with Crippen LogP contribution in [0.4, 0.5) is 5.82 Å². The highest BCUT2D eigenvalue weighted by Crippen LogP contribution is 2.45. The Hall–Kier alpha value is -2.47. The van der Waals surface area contributed by atoms with E-state index in [2.05, 4.69) is 26.5 Å². The number of fused-ring (bicyclic) bond motifs is 2. The number of hydrogen-bond acceptors (Lipinski definition) is 6. The molecule has 6 nitrogen and oxygen atoms in total. The number of carbonyl (C=O) groups is 1. The van der Waals surface area contributed by atoms with Gasteiger partial charge >= 0.3 is 0 Å². The number of anilines is 1. The van der Waals surface area contributed by atoms with Crippen molar-refractivity contribution >= 4 is 11.6 Å². The standard InChI is InChI=1S/C22H24N4O2/c27-19-2-1-13-9-17(20(28)11-16(13)19)18-10-14-4-8-26(21(14)25-24-18)15-3-7-23-22(12-15)5-6-22/h9-11,15,23,28H,1-8,12H2/t15-/m0/s1. The number of phenols is 1. The lowest BCUT2D eigenvalue weighted by Crippen LogP contribution is -2.49. The molecule has 3 heterocycles. The Labute approximate surface area is 164 Å². The molecule has 6 heteroatoms. The van der Waals surface area contributed by atoms with Gasteiger partial charge in [-0.3, -0.25) is 4.79 Å². The van der Waals surface area contributed by atoms with Crippen molar-refractivity contribution in [1.29, 1.82) is 0 Å². The monoisotopic (exact) mass is 376 g/mol. The van der Waals surface area contributed by atoms with Crippen LogP contribution in [0.3, 0.4) is 0 Å². The molecule has 6 rings (SSSR count). The van der Waals surface area contributed by atoms with Crippen molar-refractivity contribution in [3.63, 3.8) is 0 Å². The number of nitrogens with zero attached hydrogens (tertiary/aromatic N) is 3. The van der Waals surface area contributed by atoms with Crippen LogP contribution in [-0.2, 0) is 12.8 Å². The van der Waals surface area contributed by atoms with Crippen molar-refractivity contribution < 1.29 is 9.90 Å². The fraction of sp³-hybridized carbons (Fsp3) is 0.500. The van der Waals surface area contributed by atoms with Gasteiger partial charge in [-0.1, -0.05) is 0 Å². The molecule has 2 N–H and O–H groups in total. The molecule has 1 saturated heterocycles. The minimum Gasteiger partial charge on any atom is -0.507 e. The third-order valence-electron chi connectivity index (χ3n) is 7.06. The summed E-state index contributed by atoms with van der Waals surface area (Å²) in [6.07, 6.45) is 7.20. The molecule has 0 radical (unpaired) electrons. The van der Waals surface area contributed by atoms with Crippen LogP contribution in [0.5, 0.6) is 5.75 Å². The van der Waals surface area contributed by atoms with Crippen molar-refractivity contribution in [2.75, 3.05) is 18.0 Å². The molecule has 0 bridgehead atoms. The number of rotatable bonds is 2. The smallest absolute Gasteiger partial charge is 0.163 e. The number of piperidine rings is 1. The summed E-state index contributed by atoms with van der Waals surface area (Å²) in [4.78, 5) is 14.4. The second-order valence-electron chi connectivity index (χ2n) is 8.83. The summed E-state index contributed by atoms with van der Waals surface area (Å²) >= 11 is 0. The first-order valence-electron chi connectivity index (χ1n) is 10.4. The quantitative estimate of drug-likeness (QED) is 0.839. The number of ketones is 1. The molecule has 0 unspecified atom stereocenters. The predicted octanol–water partition coefficient (Wildman–Crippen LogP) is 2.63. The van der Waals surface area contributed by atoms with E-state index in [1.165, 1.54) is 24.8 Å². The Morgan fingerprint density at radius 3 is 2.82 bits per heavy atom. The van der Waals surface area contributed by atoms with Gasteiger partial charge in [-0.05, 0) is 68.8 Å². The summed E-state index contributed by atoms with van der Waals surface area (Å²) in [5.41, 5.74) is 4.65. The van der Waals surface area contributed by atoms with Crippen LogP contribution in [0.25, 0.3) is 11.3 Å². The maximum absolute atomic E-state index is 11.9. The third-order valence-corrected chi connectivity index (χ3v) is 7.06. The van der Waals surface area contributed by atoms with Crippen molar-refractivity contribution in [1.82, 2.24) is 15.5 Å². The molecule has 2 aliphatic heterocycles. The highest BCUT2D eigenvalue weighted by atomic mass is 16.3. The average molecular weight is 376 g/mol. The molecule has 0 amide bonds. The molecular formula is C22H24N4O2. The second-order valence-corrected chi connectivity index (χ2v) is 8.83. The molecule has 1 spiro atoms. The summed E-state index contributed by atoms with van der Waals surface area (Å²) in [6.45, 7) is 2.09. The summed E-state index contributed by atoms with van der Waals surface area (Å²) in [6, 6.07) is 6.15. The molecule has 1 aromatic carbocycles. The average Bonchev–Trinajstić information content (AvgIpc) is 3.15. The van der Waals surface area contributed by atoms with Crippen LogP contribution in [0.1, 0.15) is 53.6 Å². The van der Waals surface area contributed by atoms with Gasteiger partial charge in [0.1, 0.15) is 5.75 Å². The molecule has 4 aliphatic rings. The molecule has 144 valence electrons. The minimum atomic E-state index is 0.114. The Morgan fingerprint density at radius 1 is 1.07 bits per heavy atom. The first-order chi connectivity index (χ1) is 13.6. The molecule has 1 atom stereocenters. The Morgan fingerprint density at radius 2 is 1.96 bits per heavy atom. The zero-order valence-corrected chi connectivity index (χ0v) is 15.9. The van der Waals surface area contributed by atoms with E-state index in [4.69, 9.17) is 0 Å². The van der Waals surface area contributed by atoms with E-state index in [0.29, 0.717) is 34.8 Å². The Balaban J connectivity index is 1.32. The first-order valence-corrected chi connectivity index (χ1v) is 10.4. The van der Waals surface area contributed by atoms with Gasteiger partial charge in [0.2, 0.25) is 0 Å². The molecule has 2 fully saturated rings. The number of aromatic nitrogens is 2. The lowest BCUT2D eigenvalue weighted by molar-refractivity contribution is 0.0994. The number of phenolic OH excluding ortho intramolecular Hbond substituents is 1. The van der Waals surface area contributed by atoms with Crippen LogP contribution in [0, 0.1) is 0 Å². The van der Waals surface area contributed by atoms with Crippen LogP contribution >= 0.6 is 0 Å². The number of aryl methyl sites for hydroxylation is 1. The van der Waals surface area contributed by atoms with E-state index in [9.17, 15) is 9.90 Å². The van der Waals surface area contributed by atoms with Gasteiger partial charge in [-0.2, -0.15) is 0 Å². The summed E-state index contributed by atoms with van der Waals surface area (Å²) in [5.74, 6) is 1.25. The van der Waals surface area contributed by atoms with Crippen molar-refractivity contribution in [3.05, 3.63) is 34.9 Å². The zero-order chi connectivity index (χ0) is 18.9. The van der Waals surface area contributed by atoms with Crippen LogP contribution in [0.15, 0.2) is 18.2 Å². The van der Waals surface area contributed by atoms with Crippen LogP contribution in [-0.4, -0.2) is 45.8 Å². The Bertz CT molecular complexity index is 998. The fourth-order valence-electron chi connectivity index (χ4n) is 5.30. The van der Waals surface area contributed by atoms with Gasteiger partial charge in [-0.15, -0.1) is 10.2 Å². The van der Waals surface area contributed by atoms with Gasteiger partial charge in [0.15, 0.2) is 11.6 Å². The van der Waals surface area contributed by atoms with Crippen molar-refractivity contribution in [2.24, 2.45) is 0 Å². The molecule has 2 aromatic rings. The first kappa shape index (κ1) is 16.5. The maximum Gasteiger partial charge on any atom is 0.163 e. The SMILES string of the molecule is O=C1CCc2cc(-c3cc4c(nn3)N([C@H]3CCNC5(CC5)C3)CC4)c(O)cc21. The lowest BCUT2D eigenvalue weighted by Gasteiger charge is -2.37.